The van der Waals surface area contributed by atoms with Crippen molar-refractivity contribution in [2.45, 2.75) is 32.0 Å². The summed E-state index contributed by atoms with van der Waals surface area (Å²) in [6.45, 7) is 4.52. The van der Waals surface area contributed by atoms with E-state index < -0.39 is 19.0 Å². The molecule has 166 valence electrons. The van der Waals surface area contributed by atoms with Crippen LogP contribution in [0.4, 0.5) is 8.78 Å². The minimum atomic E-state index is -2.52. The second-order valence-corrected chi connectivity index (χ2v) is 7.47. The molecule has 2 aromatic carbocycles. The molecule has 0 aliphatic carbocycles. The van der Waals surface area contributed by atoms with Crippen molar-refractivity contribution >= 4 is 11.6 Å². The molecule has 3 rings (SSSR count). The first kappa shape index (κ1) is 22.7. The number of carbonyl (C=O) groups is 1. The number of hydrogen-bond acceptors (Lipinski definition) is 4. The van der Waals surface area contributed by atoms with E-state index in [0.29, 0.717) is 23.7 Å². The van der Waals surface area contributed by atoms with Crippen LogP contribution in [0.25, 0.3) is 5.70 Å². The summed E-state index contributed by atoms with van der Waals surface area (Å²) in [5, 5.41) is 0. The highest BCUT2D eigenvalue weighted by atomic mass is 19.3. The standard InChI is InChI=1S/C24H27F2NO4/c1-16(18-6-10-21(30-3)11-7-18)27-14-19(12-24(27)28)22(13-23(25)26)31-15-17-4-8-20(29-2)9-5-17/h4-11,19,22-23H,1,12-15H2,2-3H3/t19-,22-/m1/s1. The number of ether oxygens (including phenoxy) is 3. The van der Waals surface area contributed by atoms with E-state index in [1.54, 1.807) is 43.4 Å². The Kier molecular flexibility index (Phi) is 7.63. The summed E-state index contributed by atoms with van der Waals surface area (Å²) in [6, 6.07) is 14.5. The molecular formula is C24H27F2NO4. The van der Waals surface area contributed by atoms with Crippen LogP contribution in [0.3, 0.4) is 0 Å². The Bertz CT molecular complexity index is 883. The van der Waals surface area contributed by atoms with E-state index >= 15 is 0 Å². The fourth-order valence-corrected chi connectivity index (χ4v) is 3.68. The average molecular weight is 431 g/mol. The first-order valence-electron chi connectivity index (χ1n) is 10.1. The summed E-state index contributed by atoms with van der Waals surface area (Å²) < 4.78 is 42.6. The van der Waals surface area contributed by atoms with Gasteiger partial charge in [0.25, 0.3) is 0 Å². The lowest BCUT2D eigenvalue weighted by Crippen LogP contribution is -2.29. The van der Waals surface area contributed by atoms with Crippen molar-refractivity contribution in [3.05, 3.63) is 66.2 Å². The lowest BCUT2D eigenvalue weighted by Gasteiger charge is -2.25. The Hall–Kier alpha value is -2.93. The number of amides is 1. The summed E-state index contributed by atoms with van der Waals surface area (Å²) in [7, 11) is 3.15. The van der Waals surface area contributed by atoms with Crippen LogP contribution in [-0.4, -0.2) is 44.1 Å². The van der Waals surface area contributed by atoms with Gasteiger partial charge in [-0.2, -0.15) is 0 Å². The van der Waals surface area contributed by atoms with Gasteiger partial charge in [0, 0.05) is 31.0 Å². The number of halogens is 2. The SMILES string of the molecule is C=C(c1ccc(OC)cc1)N1C[C@H]([C@@H](CC(F)F)OCc2ccc(OC)cc2)CC1=O. The van der Waals surface area contributed by atoms with Crippen LogP contribution in [0.1, 0.15) is 24.0 Å². The van der Waals surface area contributed by atoms with Crippen molar-refractivity contribution in [2.24, 2.45) is 5.92 Å². The molecule has 1 amide bonds. The van der Waals surface area contributed by atoms with E-state index in [2.05, 4.69) is 6.58 Å². The number of benzene rings is 2. The number of alkyl halides is 2. The van der Waals surface area contributed by atoms with Gasteiger partial charge in [-0.3, -0.25) is 4.79 Å². The van der Waals surface area contributed by atoms with Gasteiger partial charge in [-0.1, -0.05) is 18.7 Å². The number of nitrogens with zero attached hydrogens (tertiary/aromatic N) is 1. The van der Waals surface area contributed by atoms with Gasteiger partial charge in [0.2, 0.25) is 12.3 Å². The van der Waals surface area contributed by atoms with Gasteiger partial charge in [-0.05, 0) is 47.5 Å². The molecular weight excluding hydrogens is 404 g/mol. The minimum absolute atomic E-state index is 0.141. The summed E-state index contributed by atoms with van der Waals surface area (Å²) in [5.74, 6) is 0.931. The van der Waals surface area contributed by atoms with Gasteiger partial charge in [0.15, 0.2) is 0 Å². The van der Waals surface area contributed by atoms with Crippen molar-refractivity contribution in [1.82, 2.24) is 4.90 Å². The zero-order chi connectivity index (χ0) is 22.4. The van der Waals surface area contributed by atoms with Crippen molar-refractivity contribution < 1.29 is 27.8 Å². The highest BCUT2D eigenvalue weighted by Crippen LogP contribution is 2.32. The van der Waals surface area contributed by atoms with Gasteiger partial charge in [0.1, 0.15) is 11.5 Å². The Morgan fingerprint density at radius 2 is 1.65 bits per heavy atom. The third kappa shape index (κ3) is 5.82. The summed E-state index contributed by atoms with van der Waals surface area (Å²) >= 11 is 0. The molecule has 5 nitrogen and oxygen atoms in total. The molecule has 1 aliphatic rings. The topological polar surface area (TPSA) is 48.0 Å². The van der Waals surface area contributed by atoms with E-state index in [-0.39, 0.29) is 24.9 Å². The second-order valence-electron chi connectivity index (χ2n) is 7.47. The van der Waals surface area contributed by atoms with Crippen molar-refractivity contribution in [3.8, 4) is 11.5 Å². The van der Waals surface area contributed by atoms with Crippen LogP contribution in [0.5, 0.6) is 11.5 Å². The van der Waals surface area contributed by atoms with Crippen molar-refractivity contribution in [1.29, 1.82) is 0 Å². The van der Waals surface area contributed by atoms with Gasteiger partial charge < -0.3 is 19.1 Å². The smallest absolute Gasteiger partial charge is 0.241 e. The highest BCUT2D eigenvalue weighted by Gasteiger charge is 2.38. The predicted molar refractivity (Wildman–Crippen MR) is 114 cm³/mol. The summed E-state index contributed by atoms with van der Waals surface area (Å²) in [4.78, 5) is 14.2. The zero-order valence-corrected chi connectivity index (χ0v) is 17.7. The summed E-state index contributed by atoms with van der Waals surface area (Å²) in [6.07, 6.45) is -3.53. The fourth-order valence-electron chi connectivity index (χ4n) is 3.68. The Labute approximate surface area is 181 Å². The van der Waals surface area contributed by atoms with Crippen LogP contribution in [-0.2, 0) is 16.1 Å². The molecule has 1 heterocycles. The zero-order valence-electron chi connectivity index (χ0n) is 17.7. The number of methoxy groups -OCH3 is 2. The monoisotopic (exact) mass is 431 g/mol. The second kappa shape index (κ2) is 10.4. The van der Waals surface area contributed by atoms with Gasteiger partial charge in [-0.15, -0.1) is 0 Å². The molecule has 0 spiro atoms. The van der Waals surface area contributed by atoms with Crippen LogP contribution in [0, 0.1) is 5.92 Å². The number of carbonyl (C=O) groups excluding carboxylic acids is 1. The van der Waals surface area contributed by atoms with E-state index in [1.165, 1.54) is 0 Å². The largest absolute Gasteiger partial charge is 0.497 e. The Morgan fingerprint density at radius 1 is 1.06 bits per heavy atom. The van der Waals surface area contributed by atoms with Gasteiger partial charge in [-0.25, -0.2) is 8.78 Å². The molecule has 0 aromatic heterocycles. The molecule has 0 unspecified atom stereocenters. The number of likely N-dealkylation sites (tertiary alicyclic amines) is 1. The minimum Gasteiger partial charge on any atom is -0.497 e. The van der Waals surface area contributed by atoms with Gasteiger partial charge in [0.05, 0.1) is 26.9 Å². The molecule has 2 aromatic rings. The molecule has 2 atom stereocenters. The molecule has 1 saturated heterocycles. The predicted octanol–water partition coefficient (Wildman–Crippen LogP) is 4.76. The molecule has 1 fully saturated rings. The van der Waals surface area contributed by atoms with E-state index in [1.807, 2.05) is 24.3 Å². The van der Waals surface area contributed by atoms with Crippen LogP contribution >= 0.6 is 0 Å². The van der Waals surface area contributed by atoms with E-state index in [0.717, 1.165) is 11.1 Å². The first-order valence-corrected chi connectivity index (χ1v) is 10.1. The Balaban J connectivity index is 1.66. The molecule has 1 aliphatic heterocycles. The lowest BCUT2D eigenvalue weighted by atomic mass is 9.98. The molecule has 0 saturated carbocycles. The molecule has 7 heteroatoms. The number of hydrogen-bond donors (Lipinski definition) is 0. The quantitative estimate of drug-likeness (QED) is 0.544. The summed E-state index contributed by atoms with van der Waals surface area (Å²) in [5.41, 5.74) is 2.17. The lowest BCUT2D eigenvalue weighted by molar-refractivity contribution is -0.125. The third-order valence-electron chi connectivity index (χ3n) is 5.46. The molecule has 0 radical (unpaired) electrons. The molecule has 31 heavy (non-hydrogen) atoms. The molecule has 0 bridgehead atoms. The highest BCUT2D eigenvalue weighted by molar-refractivity contribution is 5.88. The maximum absolute atomic E-state index is 13.2. The third-order valence-corrected chi connectivity index (χ3v) is 5.46. The Morgan fingerprint density at radius 3 is 2.19 bits per heavy atom. The molecule has 0 N–H and O–H groups in total. The normalized spacial score (nSPS) is 17.1. The van der Waals surface area contributed by atoms with Crippen LogP contribution in [0.15, 0.2) is 55.1 Å². The maximum Gasteiger partial charge on any atom is 0.241 e. The van der Waals surface area contributed by atoms with Crippen molar-refractivity contribution in [2.75, 3.05) is 20.8 Å². The van der Waals surface area contributed by atoms with Crippen LogP contribution in [0.2, 0.25) is 0 Å². The first-order chi connectivity index (χ1) is 14.9. The van der Waals surface area contributed by atoms with Crippen molar-refractivity contribution in [3.63, 3.8) is 0 Å². The van der Waals surface area contributed by atoms with Gasteiger partial charge >= 0.3 is 0 Å². The van der Waals surface area contributed by atoms with E-state index in [4.69, 9.17) is 14.2 Å². The maximum atomic E-state index is 13.2. The van der Waals surface area contributed by atoms with E-state index in [9.17, 15) is 13.6 Å². The number of rotatable bonds is 10. The fraction of sp³-hybridized carbons (Fsp3) is 0.375. The van der Waals surface area contributed by atoms with Crippen LogP contribution < -0.4 is 9.47 Å². The average Bonchev–Trinajstić information content (AvgIpc) is 3.17.